The second kappa shape index (κ2) is 8.20. The smallest absolute Gasteiger partial charge is 0.0700 e. The predicted molar refractivity (Wildman–Crippen MR) is 77.5 cm³/mol. The van der Waals surface area contributed by atoms with E-state index in [1.165, 1.54) is 38.8 Å². The molecular formula is C15H30N2O2. The molecule has 0 aromatic carbocycles. The fraction of sp³-hybridized carbons (Fsp3) is 1.00. The summed E-state index contributed by atoms with van der Waals surface area (Å²) in [5.74, 6) is 0.939. The largest absolute Gasteiger partial charge is 0.382 e. The number of ether oxygens (including phenoxy) is 2. The molecule has 2 unspecified atom stereocenters. The third kappa shape index (κ3) is 5.03. The van der Waals surface area contributed by atoms with Gasteiger partial charge in [-0.25, -0.2) is 0 Å². The van der Waals surface area contributed by atoms with Crippen LogP contribution in [0.25, 0.3) is 0 Å². The lowest BCUT2D eigenvalue weighted by Gasteiger charge is -2.40. The first-order valence-corrected chi connectivity index (χ1v) is 7.89. The van der Waals surface area contributed by atoms with E-state index in [1.807, 2.05) is 0 Å². The normalized spacial score (nSPS) is 28.7. The molecule has 1 saturated heterocycles. The maximum atomic E-state index is 5.63. The van der Waals surface area contributed by atoms with E-state index in [1.54, 1.807) is 7.11 Å². The highest BCUT2D eigenvalue weighted by Crippen LogP contribution is 2.36. The van der Waals surface area contributed by atoms with Crippen LogP contribution in [0.15, 0.2) is 0 Å². The topological polar surface area (TPSA) is 33.7 Å². The molecule has 0 radical (unpaired) electrons. The summed E-state index contributed by atoms with van der Waals surface area (Å²) in [7, 11) is 1.72. The first-order valence-electron chi connectivity index (χ1n) is 7.89. The molecule has 0 amide bonds. The highest BCUT2D eigenvalue weighted by atomic mass is 16.5. The molecule has 1 N–H and O–H groups in total. The number of rotatable bonds is 9. The summed E-state index contributed by atoms with van der Waals surface area (Å²) in [5.41, 5.74) is 0. The van der Waals surface area contributed by atoms with E-state index in [-0.39, 0.29) is 0 Å². The number of methoxy groups -OCH3 is 1. The standard InChI is InChI=1S/C15H30N2O2/c1-3-4-14-12-17(7-8-19-10-9-18-2)15(11-16-14)13-5-6-13/h13-16H,3-12H2,1-2H3. The molecule has 1 saturated carbocycles. The van der Waals surface area contributed by atoms with Crippen LogP contribution in [0.3, 0.4) is 0 Å². The summed E-state index contributed by atoms with van der Waals surface area (Å²) in [5, 5.41) is 3.73. The number of nitrogens with zero attached hydrogens (tertiary/aromatic N) is 1. The van der Waals surface area contributed by atoms with E-state index in [0.717, 1.165) is 31.7 Å². The zero-order valence-electron chi connectivity index (χ0n) is 12.6. The first kappa shape index (κ1) is 15.2. The lowest BCUT2D eigenvalue weighted by atomic mass is 10.0. The molecule has 1 aliphatic heterocycles. The number of piperazine rings is 1. The minimum absolute atomic E-state index is 0.680. The maximum absolute atomic E-state index is 5.63. The molecular weight excluding hydrogens is 240 g/mol. The first-order chi connectivity index (χ1) is 9.35. The minimum Gasteiger partial charge on any atom is -0.382 e. The average molecular weight is 270 g/mol. The monoisotopic (exact) mass is 270 g/mol. The van der Waals surface area contributed by atoms with E-state index in [2.05, 4.69) is 17.1 Å². The minimum atomic E-state index is 0.680. The third-order valence-electron chi connectivity index (χ3n) is 4.30. The second-order valence-electron chi connectivity index (χ2n) is 5.90. The summed E-state index contributed by atoms with van der Waals surface area (Å²) < 4.78 is 10.6. The van der Waals surface area contributed by atoms with E-state index in [4.69, 9.17) is 9.47 Å². The lowest BCUT2D eigenvalue weighted by molar-refractivity contribution is 0.0348. The zero-order chi connectivity index (χ0) is 13.5. The summed E-state index contributed by atoms with van der Waals surface area (Å²) in [6.45, 7) is 7.97. The van der Waals surface area contributed by atoms with Gasteiger partial charge in [-0.05, 0) is 25.2 Å². The Kier molecular flexibility index (Phi) is 6.57. The second-order valence-corrected chi connectivity index (χ2v) is 5.90. The molecule has 1 aliphatic carbocycles. The molecule has 0 bridgehead atoms. The van der Waals surface area contributed by atoms with Crippen molar-refractivity contribution in [3.63, 3.8) is 0 Å². The van der Waals surface area contributed by atoms with Crippen molar-refractivity contribution in [2.75, 3.05) is 46.6 Å². The van der Waals surface area contributed by atoms with Gasteiger partial charge in [0.1, 0.15) is 0 Å². The van der Waals surface area contributed by atoms with E-state index >= 15 is 0 Å². The van der Waals surface area contributed by atoms with Gasteiger partial charge in [0.2, 0.25) is 0 Å². The van der Waals surface area contributed by atoms with E-state index < -0.39 is 0 Å². The Balaban J connectivity index is 1.71. The Morgan fingerprint density at radius 3 is 2.74 bits per heavy atom. The molecule has 4 nitrogen and oxygen atoms in total. The van der Waals surface area contributed by atoms with Gasteiger partial charge in [-0.15, -0.1) is 0 Å². The molecule has 0 aromatic rings. The molecule has 2 aliphatic rings. The van der Waals surface area contributed by atoms with Crippen molar-refractivity contribution in [1.29, 1.82) is 0 Å². The molecule has 2 fully saturated rings. The zero-order valence-corrected chi connectivity index (χ0v) is 12.6. The third-order valence-corrected chi connectivity index (χ3v) is 4.30. The number of hydrogen-bond acceptors (Lipinski definition) is 4. The Bertz CT molecular complexity index is 246. The van der Waals surface area contributed by atoms with Crippen LogP contribution in [0.5, 0.6) is 0 Å². The molecule has 112 valence electrons. The maximum Gasteiger partial charge on any atom is 0.0700 e. The van der Waals surface area contributed by atoms with Gasteiger partial charge in [0, 0.05) is 38.8 Å². The van der Waals surface area contributed by atoms with Crippen molar-refractivity contribution in [3.8, 4) is 0 Å². The summed E-state index contributed by atoms with van der Waals surface area (Å²) in [6, 6.07) is 1.43. The number of hydrogen-bond donors (Lipinski definition) is 1. The summed E-state index contributed by atoms with van der Waals surface area (Å²) >= 11 is 0. The van der Waals surface area contributed by atoms with Gasteiger partial charge in [0.25, 0.3) is 0 Å². The molecule has 4 heteroatoms. The van der Waals surface area contributed by atoms with Crippen molar-refractivity contribution in [2.24, 2.45) is 5.92 Å². The molecule has 0 aromatic heterocycles. The van der Waals surface area contributed by atoms with Crippen LogP contribution in [-0.2, 0) is 9.47 Å². The fourth-order valence-corrected chi connectivity index (χ4v) is 3.07. The Hall–Kier alpha value is -0.160. The Labute approximate surface area is 117 Å². The van der Waals surface area contributed by atoms with E-state index in [9.17, 15) is 0 Å². The Morgan fingerprint density at radius 2 is 2.05 bits per heavy atom. The highest BCUT2D eigenvalue weighted by molar-refractivity contribution is 4.94. The average Bonchev–Trinajstić information content (AvgIpc) is 3.24. The predicted octanol–water partition coefficient (Wildman–Crippen LogP) is 1.50. The van der Waals surface area contributed by atoms with Crippen LogP contribution in [0.2, 0.25) is 0 Å². The van der Waals surface area contributed by atoms with Gasteiger partial charge >= 0.3 is 0 Å². The van der Waals surface area contributed by atoms with Gasteiger partial charge in [-0.2, -0.15) is 0 Å². The summed E-state index contributed by atoms with van der Waals surface area (Å²) in [6.07, 6.45) is 5.40. The van der Waals surface area contributed by atoms with Crippen molar-refractivity contribution < 1.29 is 9.47 Å². The van der Waals surface area contributed by atoms with Gasteiger partial charge in [0.05, 0.1) is 19.8 Å². The van der Waals surface area contributed by atoms with Crippen molar-refractivity contribution in [1.82, 2.24) is 10.2 Å². The lowest BCUT2D eigenvalue weighted by Crippen LogP contribution is -2.57. The van der Waals surface area contributed by atoms with Crippen LogP contribution >= 0.6 is 0 Å². The Morgan fingerprint density at radius 1 is 1.21 bits per heavy atom. The SMILES string of the molecule is CCCC1CN(CCOCCOC)C(C2CC2)CN1. The van der Waals surface area contributed by atoms with Crippen LogP contribution in [0.4, 0.5) is 0 Å². The van der Waals surface area contributed by atoms with Crippen molar-refractivity contribution >= 4 is 0 Å². The van der Waals surface area contributed by atoms with Gasteiger partial charge in [-0.1, -0.05) is 13.3 Å². The van der Waals surface area contributed by atoms with Gasteiger partial charge in [-0.3, -0.25) is 4.90 Å². The van der Waals surface area contributed by atoms with Gasteiger partial charge in [0.15, 0.2) is 0 Å². The van der Waals surface area contributed by atoms with E-state index in [0.29, 0.717) is 12.6 Å². The van der Waals surface area contributed by atoms with Gasteiger partial charge < -0.3 is 14.8 Å². The van der Waals surface area contributed by atoms with Crippen LogP contribution in [-0.4, -0.2) is 63.5 Å². The molecule has 0 spiro atoms. The molecule has 2 rings (SSSR count). The molecule has 1 heterocycles. The molecule has 19 heavy (non-hydrogen) atoms. The summed E-state index contributed by atoms with van der Waals surface area (Å²) in [4.78, 5) is 2.67. The van der Waals surface area contributed by atoms with Crippen molar-refractivity contribution in [2.45, 2.75) is 44.7 Å². The highest BCUT2D eigenvalue weighted by Gasteiger charge is 2.38. The van der Waals surface area contributed by atoms with Crippen LogP contribution in [0, 0.1) is 5.92 Å². The van der Waals surface area contributed by atoms with Crippen molar-refractivity contribution in [3.05, 3.63) is 0 Å². The van der Waals surface area contributed by atoms with Crippen LogP contribution < -0.4 is 5.32 Å². The molecule has 2 atom stereocenters. The number of nitrogens with one attached hydrogen (secondary N) is 1. The van der Waals surface area contributed by atoms with Crippen LogP contribution in [0.1, 0.15) is 32.6 Å². The quantitative estimate of drug-likeness (QED) is 0.644. The fourth-order valence-electron chi connectivity index (χ4n) is 3.07.